The minimum absolute atomic E-state index is 0.263. The fourth-order valence-electron chi connectivity index (χ4n) is 4.04. The van der Waals surface area contributed by atoms with Crippen LogP contribution in [-0.2, 0) is 9.84 Å². The maximum Gasteiger partial charge on any atom is 0.210 e. The largest absolute Gasteiger partial charge is 0.494 e. The van der Waals surface area contributed by atoms with Crippen LogP contribution in [0, 0.1) is 5.92 Å². The maximum atomic E-state index is 13.5. The third-order valence-electron chi connectivity index (χ3n) is 5.40. The average molecular weight is 411 g/mol. The molecule has 1 aromatic heterocycles. The summed E-state index contributed by atoms with van der Waals surface area (Å²) in [6.45, 7) is 6.37. The van der Waals surface area contributed by atoms with Crippen LogP contribution in [0.3, 0.4) is 0 Å². The van der Waals surface area contributed by atoms with Crippen LogP contribution in [0.4, 0.5) is 5.69 Å². The molecule has 1 aliphatic heterocycles. The van der Waals surface area contributed by atoms with E-state index in [2.05, 4.69) is 16.8 Å². The van der Waals surface area contributed by atoms with Gasteiger partial charge >= 0.3 is 0 Å². The summed E-state index contributed by atoms with van der Waals surface area (Å²) in [7, 11) is -3.70. The van der Waals surface area contributed by atoms with Gasteiger partial charge in [0.25, 0.3) is 0 Å². The predicted molar refractivity (Wildman–Crippen MR) is 115 cm³/mol. The van der Waals surface area contributed by atoms with Gasteiger partial charge in [-0.05, 0) is 56.0 Å². The first kappa shape index (κ1) is 19.7. The van der Waals surface area contributed by atoms with E-state index in [1.807, 2.05) is 31.2 Å². The molecule has 6 heteroatoms. The number of benzene rings is 2. The number of fused-ring (bicyclic) bond motifs is 1. The number of hydrogen-bond donors (Lipinski definition) is 0. The molecule has 5 nitrogen and oxygen atoms in total. The fraction of sp³-hybridized carbons (Fsp3) is 0.348. The monoisotopic (exact) mass is 410 g/mol. The third kappa shape index (κ3) is 3.81. The van der Waals surface area contributed by atoms with Crippen molar-refractivity contribution in [2.75, 3.05) is 24.6 Å². The van der Waals surface area contributed by atoms with Gasteiger partial charge in [0.05, 0.1) is 22.7 Å². The zero-order valence-corrected chi connectivity index (χ0v) is 17.7. The number of anilines is 1. The number of hydrogen-bond acceptors (Lipinski definition) is 5. The maximum absolute atomic E-state index is 13.5. The molecule has 0 radical (unpaired) electrons. The van der Waals surface area contributed by atoms with Gasteiger partial charge in [-0.3, -0.25) is 4.98 Å². The van der Waals surface area contributed by atoms with Crippen LogP contribution in [0.1, 0.15) is 26.7 Å². The van der Waals surface area contributed by atoms with Crippen molar-refractivity contribution in [2.45, 2.75) is 36.5 Å². The first-order valence-electron chi connectivity index (χ1n) is 10.1. The molecule has 0 saturated carbocycles. The Morgan fingerprint density at radius 1 is 1.17 bits per heavy atom. The fourth-order valence-corrected chi connectivity index (χ4v) is 5.49. The van der Waals surface area contributed by atoms with Crippen LogP contribution in [0.2, 0.25) is 0 Å². The Morgan fingerprint density at radius 2 is 1.97 bits per heavy atom. The van der Waals surface area contributed by atoms with E-state index in [-0.39, 0.29) is 9.79 Å². The van der Waals surface area contributed by atoms with Crippen molar-refractivity contribution in [2.24, 2.45) is 5.92 Å². The van der Waals surface area contributed by atoms with E-state index in [9.17, 15) is 8.42 Å². The van der Waals surface area contributed by atoms with Crippen LogP contribution < -0.4 is 9.64 Å². The molecule has 1 saturated heterocycles. The normalized spacial score (nSPS) is 17.4. The van der Waals surface area contributed by atoms with Gasteiger partial charge in [-0.2, -0.15) is 0 Å². The van der Waals surface area contributed by atoms with Crippen LogP contribution in [0.15, 0.2) is 64.5 Å². The lowest BCUT2D eigenvalue weighted by atomic mass is 9.99. The number of pyridine rings is 1. The van der Waals surface area contributed by atoms with Crippen molar-refractivity contribution < 1.29 is 13.2 Å². The zero-order valence-electron chi connectivity index (χ0n) is 16.8. The zero-order chi connectivity index (χ0) is 20.4. The van der Waals surface area contributed by atoms with Crippen LogP contribution in [0.25, 0.3) is 10.9 Å². The molecule has 0 spiro atoms. The van der Waals surface area contributed by atoms with Crippen molar-refractivity contribution in [1.82, 2.24) is 4.98 Å². The van der Waals surface area contributed by atoms with Gasteiger partial charge in [0.1, 0.15) is 10.6 Å². The molecule has 2 aromatic carbocycles. The minimum Gasteiger partial charge on any atom is -0.494 e. The number of rotatable bonds is 5. The third-order valence-corrected chi connectivity index (χ3v) is 7.18. The van der Waals surface area contributed by atoms with Gasteiger partial charge in [-0.1, -0.05) is 25.1 Å². The molecule has 29 heavy (non-hydrogen) atoms. The highest BCUT2D eigenvalue weighted by Crippen LogP contribution is 2.38. The molecular formula is C23H26N2O3S. The van der Waals surface area contributed by atoms with Gasteiger partial charge < -0.3 is 9.64 Å². The van der Waals surface area contributed by atoms with E-state index in [0.717, 1.165) is 48.3 Å². The lowest BCUT2D eigenvalue weighted by molar-refractivity contribution is 0.340. The topological polar surface area (TPSA) is 59.5 Å². The Kier molecular flexibility index (Phi) is 5.46. The minimum atomic E-state index is -3.70. The summed E-state index contributed by atoms with van der Waals surface area (Å²) in [6.07, 6.45) is 3.71. The molecule has 0 amide bonds. The van der Waals surface area contributed by atoms with Gasteiger partial charge in [-0.25, -0.2) is 8.42 Å². The van der Waals surface area contributed by atoms with Gasteiger partial charge in [0, 0.05) is 24.7 Å². The highest BCUT2D eigenvalue weighted by molar-refractivity contribution is 7.91. The predicted octanol–water partition coefficient (Wildman–Crippen LogP) is 4.70. The summed E-state index contributed by atoms with van der Waals surface area (Å²) < 4.78 is 32.8. The van der Waals surface area contributed by atoms with Crippen molar-refractivity contribution in [3.05, 3.63) is 54.7 Å². The molecule has 1 atom stereocenters. The van der Waals surface area contributed by atoms with E-state index in [1.165, 1.54) is 6.20 Å². The standard InChI is InChI=1S/C23H26N2O3S/c1-3-28-18-11-12-21-20(14-18)23(25-13-7-8-17(2)16-25)22(15-24-21)29(26,27)19-9-5-4-6-10-19/h4-6,9-12,14-15,17H,3,7-8,13,16H2,1-2H3/t17-/m1/s1. The van der Waals surface area contributed by atoms with Gasteiger partial charge in [-0.15, -0.1) is 0 Å². The van der Waals surface area contributed by atoms with E-state index >= 15 is 0 Å². The van der Waals surface area contributed by atoms with Crippen LogP contribution >= 0.6 is 0 Å². The number of ether oxygens (including phenoxy) is 1. The summed E-state index contributed by atoms with van der Waals surface area (Å²) in [6, 6.07) is 14.3. The molecule has 0 unspecified atom stereocenters. The molecule has 0 bridgehead atoms. The highest BCUT2D eigenvalue weighted by atomic mass is 32.2. The van der Waals surface area contributed by atoms with Gasteiger partial charge in [0.15, 0.2) is 0 Å². The summed E-state index contributed by atoms with van der Waals surface area (Å²) in [5, 5.41) is 0.821. The van der Waals surface area contributed by atoms with E-state index < -0.39 is 9.84 Å². The lowest BCUT2D eigenvalue weighted by Crippen LogP contribution is -2.35. The summed E-state index contributed by atoms with van der Waals surface area (Å²) in [4.78, 5) is 7.25. The number of nitrogens with zero attached hydrogens (tertiary/aromatic N) is 2. The molecule has 3 aromatic rings. The summed E-state index contributed by atoms with van der Waals surface area (Å²) in [5.41, 5.74) is 1.51. The van der Waals surface area contributed by atoms with Gasteiger partial charge in [0.2, 0.25) is 9.84 Å². The quantitative estimate of drug-likeness (QED) is 0.610. The summed E-state index contributed by atoms with van der Waals surface area (Å²) >= 11 is 0. The van der Waals surface area contributed by atoms with Crippen LogP contribution in [0.5, 0.6) is 5.75 Å². The summed E-state index contributed by atoms with van der Waals surface area (Å²) in [5.74, 6) is 1.23. The van der Waals surface area contributed by atoms with Crippen molar-refractivity contribution in [1.29, 1.82) is 0 Å². The number of piperidine rings is 1. The Balaban J connectivity index is 1.97. The average Bonchev–Trinajstić information content (AvgIpc) is 2.73. The molecule has 4 rings (SSSR count). The first-order valence-corrected chi connectivity index (χ1v) is 11.6. The van der Waals surface area contributed by atoms with Crippen LogP contribution in [-0.4, -0.2) is 33.1 Å². The van der Waals surface area contributed by atoms with E-state index in [4.69, 9.17) is 4.74 Å². The molecule has 152 valence electrons. The number of aromatic nitrogens is 1. The molecule has 1 fully saturated rings. The lowest BCUT2D eigenvalue weighted by Gasteiger charge is -2.34. The molecule has 2 heterocycles. The first-order chi connectivity index (χ1) is 14.0. The second-order valence-electron chi connectivity index (χ2n) is 7.59. The van der Waals surface area contributed by atoms with E-state index in [1.54, 1.807) is 24.3 Å². The Bertz CT molecular complexity index is 1110. The van der Waals surface area contributed by atoms with E-state index in [0.29, 0.717) is 12.5 Å². The highest BCUT2D eigenvalue weighted by Gasteiger charge is 2.29. The smallest absolute Gasteiger partial charge is 0.210 e. The Hall–Kier alpha value is -2.60. The number of sulfone groups is 1. The van der Waals surface area contributed by atoms with Crippen molar-refractivity contribution >= 4 is 26.4 Å². The second kappa shape index (κ2) is 8.03. The molecule has 1 aliphatic rings. The second-order valence-corrected chi connectivity index (χ2v) is 9.51. The van der Waals surface area contributed by atoms with Crippen molar-refractivity contribution in [3.63, 3.8) is 0 Å². The Morgan fingerprint density at radius 3 is 2.69 bits per heavy atom. The Labute approximate surface area is 172 Å². The molecule has 0 aliphatic carbocycles. The SMILES string of the molecule is CCOc1ccc2ncc(S(=O)(=O)c3ccccc3)c(N3CCC[C@@H](C)C3)c2c1. The van der Waals surface area contributed by atoms with Crippen molar-refractivity contribution in [3.8, 4) is 5.75 Å². The molecule has 0 N–H and O–H groups in total. The molecular weight excluding hydrogens is 384 g/mol.